The molecule has 1 aliphatic heterocycles. The maximum absolute atomic E-state index is 5.66. The number of aromatic nitrogens is 1. The maximum atomic E-state index is 5.66. The molecule has 0 bridgehead atoms. The first-order valence-corrected chi connectivity index (χ1v) is 7.56. The minimum atomic E-state index is 0.829. The zero-order chi connectivity index (χ0) is 14.1. The van der Waals surface area contributed by atoms with E-state index in [2.05, 4.69) is 64.1 Å². The van der Waals surface area contributed by atoms with Crippen LogP contribution in [0.3, 0.4) is 0 Å². The van der Waals surface area contributed by atoms with Gasteiger partial charge in [0.15, 0.2) is 0 Å². The lowest BCUT2D eigenvalue weighted by Crippen LogP contribution is -2.14. The molecular formula is C16H17BrN2O. The van der Waals surface area contributed by atoms with E-state index in [1.54, 1.807) is 0 Å². The smallest absolute Gasteiger partial charge is 0.135 e. The summed E-state index contributed by atoms with van der Waals surface area (Å²) < 4.78 is 6.67. The molecule has 0 amide bonds. The molecule has 0 saturated carbocycles. The maximum Gasteiger partial charge on any atom is 0.135 e. The summed E-state index contributed by atoms with van der Waals surface area (Å²) in [5.41, 5.74) is 3.58. The van der Waals surface area contributed by atoms with Crippen molar-refractivity contribution in [1.29, 1.82) is 0 Å². The van der Waals surface area contributed by atoms with Crippen LogP contribution in [0.25, 0.3) is 0 Å². The molecule has 0 radical (unpaired) electrons. The summed E-state index contributed by atoms with van der Waals surface area (Å²) >= 11 is 3.45. The standard InChI is InChI=1S/C16H17BrN2O/c1-11-8-13(17)10-18-16(11)19(2)14-5-6-15-12(9-14)4-3-7-20-15/h5-6,8-10H,3-4,7H2,1-2H3. The molecule has 0 fully saturated rings. The summed E-state index contributed by atoms with van der Waals surface area (Å²) in [5, 5.41) is 0. The molecule has 0 atom stereocenters. The number of pyridine rings is 1. The lowest BCUT2D eigenvalue weighted by molar-refractivity contribution is 0.288. The van der Waals surface area contributed by atoms with Crippen molar-refractivity contribution in [2.45, 2.75) is 19.8 Å². The first kappa shape index (κ1) is 13.4. The Bertz CT molecular complexity index is 642. The summed E-state index contributed by atoms with van der Waals surface area (Å²) in [6.07, 6.45) is 4.01. The highest BCUT2D eigenvalue weighted by atomic mass is 79.9. The zero-order valence-electron chi connectivity index (χ0n) is 11.7. The van der Waals surface area contributed by atoms with Crippen LogP contribution in [0, 0.1) is 6.92 Å². The van der Waals surface area contributed by atoms with Crippen molar-refractivity contribution in [3.8, 4) is 5.75 Å². The minimum Gasteiger partial charge on any atom is -0.493 e. The number of nitrogens with zero attached hydrogens (tertiary/aromatic N) is 2. The Morgan fingerprint density at radius 1 is 1.30 bits per heavy atom. The quantitative estimate of drug-likeness (QED) is 0.822. The summed E-state index contributed by atoms with van der Waals surface area (Å²) in [7, 11) is 2.05. The van der Waals surface area contributed by atoms with Crippen LogP contribution in [0.5, 0.6) is 5.75 Å². The number of fused-ring (bicyclic) bond motifs is 1. The van der Waals surface area contributed by atoms with Crippen molar-refractivity contribution in [2.24, 2.45) is 0 Å². The molecule has 2 aromatic rings. The van der Waals surface area contributed by atoms with Crippen LogP contribution >= 0.6 is 15.9 Å². The highest BCUT2D eigenvalue weighted by Crippen LogP contribution is 2.32. The Morgan fingerprint density at radius 2 is 2.15 bits per heavy atom. The average Bonchev–Trinajstić information content (AvgIpc) is 2.46. The van der Waals surface area contributed by atoms with Crippen LogP contribution in [0.15, 0.2) is 34.9 Å². The van der Waals surface area contributed by atoms with Crippen molar-refractivity contribution < 1.29 is 4.74 Å². The van der Waals surface area contributed by atoms with Gasteiger partial charge in [-0.1, -0.05) is 0 Å². The van der Waals surface area contributed by atoms with Gasteiger partial charge in [0.05, 0.1) is 6.61 Å². The van der Waals surface area contributed by atoms with E-state index in [0.717, 1.165) is 46.7 Å². The van der Waals surface area contributed by atoms with Gasteiger partial charge in [0, 0.05) is 23.4 Å². The predicted octanol–water partition coefficient (Wildman–Crippen LogP) is 4.25. The normalized spacial score (nSPS) is 13.6. The highest BCUT2D eigenvalue weighted by Gasteiger charge is 2.14. The van der Waals surface area contributed by atoms with Crippen LogP contribution in [0.2, 0.25) is 0 Å². The number of hydrogen-bond donors (Lipinski definition) is 0. The van der Waals surface area contributed by atoms with E-state index >= 15 is 0 Å². The number of aryl methyl sites for hydroxylation is 2. The molecule has 0 N–H and O–H groups in total. The Kier molecular flexibility index (Phi) is 3.66. The monoisotopic (exact) mass is 332 g/mol. The van der Waals surface area contributed by atoms with E-state index < -0.39 is 0 Å². The second kappa shape index (κ2) is 5.44. The number of hydrogen-bond acceptors (Lipinski definition) is 3. The molecule has 20 heavy (non-hydrogen) atoms. The summed E-state index contributed by atoms with van der Waals surface area (Å²) in [5.74, 6) is 2.00. The van der Waals surface area contributed by atoms with E-state index in [0.29, 0.717) is 0 Å². The largest absolute Gasteiger partial charge is 0.493 e. The van der Waals surface area contributed by atoms with Crippen LogP contribution in [0.1, 0.15) is 17.5 Å². The second-order valence-corrected chi connectivity index (χ2v) is 6.01. The molecule has 1 aromatic carbocycles. The fourth-order valence-corrected chi connectivity index (χ4v) is 3.01. The number of ether oxygens (including phenoxy) is 1. The van der Waals surface area contributed by atoms with Crippen molar-refractivity contribution in [2.75, 3.05) is 18.6 Å². The Balaban J connectivity index is 1.95. The van der Waals surface area contributed by atoms with E-state index in [4.69, 9.17) is 4.74 Å². The first-order chi connectivity index (χ1) is 9.65. The van der Waals surface area contributed by atoms with E-state index in [9.17, 15) is 0 Å². The van der Waals surface area contributed by atoms with E-state index in [-0.39, 0.29) is 0 Å². The van der Waals surface area contributed by atoms with Gasteiger partial charge >= 0.3 is 0 Å². The van der Waals surface area contributed by atoms with Gasteiger partial charge in [-0.15, -0.1) is 0 Å². The molecule has 3 rings (SSSR count). The summed E-state index contributed by atoms with van der Waals surface area (Å²) in [4.78, 5) is 6.64. The van der Waals surface area contributed by atoms with Crippen LogP contribution < -0.4 is 9.64 Å². The molecule has 2 heterocycles. The molecule has 0 unspecified atom stereocenters. The van der Waals surface area contributed by atoms with Crippen molar-refractivity contribution >= 4 is 27.4 Å². The number of rotatable bonds is 2. The van der Waals surface area contributed by atoms with E-state index in [1.165, 1.54) is 5.56 Å². The molecular weight excluding hydrogens is 316 g/mol. The number of benzene rings is 1. The van der Waals surface area contributed by atoms with Gasteiger partial charge in [-0.3, -0.25) is 0 Å². The number of halogens is 1. The third-order valence-electron chi connectivity index (χ3n) is 3.61. The highest BCUT2D eigenvalue weighted by molar-refractivity contribution is 9.10. The minimum absolute atomic E-state index is 0.829. The molecule has 104 valence electrons. The lowest BCUT2D eigenvalue weighted by Gasteiger charge is -2.23. The topological polar surface area (TPSA) is 25.4 Å². The SMILES string of the molecule is Cc1cc(Br)cnc1N(C)c1ccc2c(c1)CCCO2. The summed E-state index contributed by atoms with van der Waals surface area (Å²) in [6, 6.07) is 8.44. The van der Waals surface area contributed by atoms with Gasteiger partial charge in [-0.2, -0.15) is 0 Å². The zero-order valence-corrected chi connectivity index (χ0v) is 13.3. The van der Waals surface area contributed by atoms with Gasteiger partial charge in [0.1, 0.15) is 11.6 Å². The first-order valence-electron chi connectivity index (χ1n) is 6.77. The van der Waals surface area contributed by atoms with Gasteiger partial charge in [-0.25, -0.2) is 4.98 Å². The van der Waals surface area contributed by atoms with E-state index in [1.807, 2.05) is 6.20 Å². The van der Waals surface area contributed by atoms with Crippen molar-refractivity contribution in [3.63, 3.8) is 0 Å². The molecule has 1 aliphatic rings. The van der Waals surface area contributed by atoms with Gasteiger partial charge in [0.25, 0.3) is 0 Å². The molecule has 3 nitrogen and oxygen atoms in total. The average molecular weight is 333 g/mol. The third-order valence-corrected chi connectivity index (χ3v) is 4.05. The van der Waals surface area contributed by atoms with Gasteiger partial charge in [-0.05, 0) is 71.1 Å². The Morgan fingerprint density at radius 3 is 2.95 bits per heavy atom. The van der Waals surface area contributed by atoms with Crippen LogP contribution in [-0.2, 0) is 6.42 Å². The fraction of sp³-hybridized carbons (Fsp3) is 0.312. The molecule has 0 aliphatic carbocycles. The van der Waals surface area contributed by atoms with Crippen LogP contribution in [0.4, 0.5) is 11.5 Å². The molecule has 0 spiro atoms. The fourth-order valence-electron chi connectivity index (χ4n) is 2.56. The molecule has 4 heteroatoms. The van der Waals surface area contributed by atoms with Gasteiger partial charge < -0.3 is 9.64 Å². The molecule has 1 aromatic heterocycles. The van der Waals surface area contributed by atoms with Crippen molar-refractivity contribution in [3.05, 3.63) is 46.1 Å². The second-order valence-electron chi connectivity index (χ2n) is 5.10. The van der Waals surface area contributed by atoms with Crippen molar-refractivity contribution in [1.82, 2.24) is 4.98 Å². The number of anilines is 2. The molecule has 0 saturated heterocycles. The summed E-state index contributed by atoms with van der Waals surface area (Å²) in [6.45, 7) is 2.90. The van der Waals surface area contributed by atoms with Crippen LogP contribution in [-0.4, -0.2) is 18.6 Å². The third kappa shape index (κ3) is 2.52. The lowest BCUT2D eigenvalue weighted by atomic mass is 10.1. The Hall–Kier alpha value is -1.55. The Labute approximate surface area is 127 Å². The van der Waals surface area contributed by atoms with Gasteiger partial charge in [0.2, 0.25) is 0 Å². The predicted molar refractivity (Wildman–Crippen MR) is 85.0 cm³/mol.